The summed E-state index contributed by atoms with van der Waals surface area (Å²) in [5, 5.41) is 12.4. The highest BCUT2D eigenvalue weighted by Gasteiger charge is 2.16. The maximum atomic E-state index is 5.41. The van der Waals surface area contributed by atoms with E-state index in [4.69, 9.17) is 9.47 Å². The fourth-order valence-corrected chi connectivity index (χ4v) is 4.20. The number of halogens is 1. The Hall–Kier alpha value is -0.990. The lowest BCUT2D eigenvalue weighted by Gasteiger charge is -2.04. The van der Waals surface area contributed by atoms with Crippen LogP contribution in [0.1, 0.15) is 18.9 Å². The Morgan fingerprint density at radius 3 is 2.95 bits per heavy atom. The minimum atomic E-state index is 0.293. The summed E-state index contributed by atoms with van der Waals surface area (Å²) in [6.07, 6.45) is 1.08. The highest BCUT2D eigenvalue weighted by atomic mass is 79.9. The van der Waals surface area contributed by atoms with Crippen molar-refractivity contribution < 1.29 is 9.47 Å². The molecule has 0 saturated carbocycles. The highest BCUT2D eigenvalue weighted by Crippen LogP contribution is 2.39. The van der Waals surface area contributed by atoms with E-state index in [1.165, 1.54) is 0 Å². The van der Waals surface area contributed by atoms with Gasteiger partial charge in [-0.2, -0.15) is 0 Å². The molecule has 21 heavy (non-hydrogen) atoms. The molecule has 0 radical (unpaired) electrons. The van der Waals surface area contributed by atoms with Gasteiger partial charge >= 0.3 is 0 Å². The smallest absolute Gasteiger partial charge is 0.231 e. The Balaban J connectivity index is 1.63. The van der Waals surface area contributed by atoms with Crippen LogP contribution in [0.25, 0.3) is 0 Å². The third-order valence-corrected chi connectivity index (χ3v) is 5.63. The van der Waals surface area contributed by atoms with Crippen LogP contribution in [0.3, 0.4) is 0 Å². The van der Waals surface area contributed by atoms with Gasteiger partial charge in [-0.05, 0) is 24.1 Å². The summed E-state index contributed by atoms with van der Waals surface area (Å²) in [6, 6.07) is 3.96. The minimum absolute atomic E-state index is 0.293. The lowest BCUT2D eigenvalue weighted by atomic mass is 10.2. The van der Waals surface area contributed by atoms with Crippen LogP contribution in [0.2, 0.25) is 0 Å². The number of hydrogen-bond acceptors (Lipinski definition) is 7. The topological polar surface area (TPSA) is 56.3 Å². The van der Waals surface area contributed by atoms with Gasteiger partial charge in [-0.15, -0.1) is 10.2 Å². The first-order valence-corrected chi connectivity index (χ1v) is 9.14. The minimum Gasteiger partial charge on any atom is -0.454 e. The molecule has 2 aromatic rings. The Morgan fingerprint density at radius 2 is 2.14 bits per heavy atom. The first-order valence-electron chi connectivity index (χ1n) is 6.54. The van der Waals surface area contributed by atoms with E-state index in [0.29, 0.717) is 6.79 Å². The summed E-state index contributed by atoms with van der Waals surface area (Å²) < 4.78 is 12.7. The molecule has 8 heteroatoms. The van der Waals surface area contributed by atoms with Crippen LogP contribution >= 0.6 is 39.0 Å². The standard InChI is InChI=1S/C13H14BrN3O2S2/c1-2-3-15-12-16-17-13(21-12)20-6-8-4-10-11(5-9(8)14)19-7-18-10/h4-5H,2-3,6-7H2,1H3,(H,15,16). The third kappa shape index (κ3) is 3.61. The number of nitrogens with zero attached hydrogens (tertiary/aromatic N) is 2. The van der Waals surface area contributed by atoms with Gasteiger partial charge in [0.2, 0.25) is 11.9 Å². The van der Waals surface area contributed by atoms with E-state index in [0.717, 1.165) is 49.7 Å². The van der Waals surface area contributed by atoms with Gasteiger partial charge in [0.05, 0.1) is 0 Å². The number of nitrogens with one attached hydrogen (secondary N) is 1. The fraction of sp³-hybridized carbons (Fsp3) is 0.385. The zero-order chi connectivity index (χ0) is 14.7. The zero-order valence-electron chi connectivity index (χ0n) is 11.4. The molecule has 0 saturated heterocycles. The Labute approximate surface area is 139 Å². The van der Waals surface area contributed by atoms with Crippen LogP contribution in [0, 0.1) is 0 Å². The second-order valence-electron chi connectivity index (χ2n) is 4.39. The van der Waals surface area contributed by atoms with Crippen molar-refractivity contribution in [2.24, 2.45) is 0 Å². The molecule has 0 amide bonds. The van der Waals surface area contributed by atoms with Gasteiger partial charge in [0.1, 0.15) is 0 Å². The Bertz CT molecular complexity index is 636. The average Bonchev–Trinajstić information content (AvgIpc) is 3.11. The molecule has 1 N–H and O–H groups in total. The van der Waals surface area contributed by atoms with E-state index >= 15 is 0 Å². The Kier molecular flexibility index (Phi) is 4.87. The second kappa shape index (κ2) is 6.85. The van der Waals surface area contributed by atoms with Crippen molar-refractivity contribution in [3.63, 3.8) is 0 Å². The number of ether oxygens (including phenoxy) is 2. The molecule has 5 nitrogen and oxygen atoms in total. The van der Waals surface area contributed by atoms with Gasteiger partial charge in [0.25, 0.3) is 0 Å². The van der Waals surface area contributed by atoms with Crippen molar-refractivity contribution in [1.82, 2.24) is 10.2 Å². The van der Waals surface area contributed by atoms with E-state index in [2.05, 4.69) is 38.4 Å². The molecule has 1 aromatic heterocycles. The zero-order valence-corrected chi connectivity index (χ0v) is 14.6. The van der Waals surface area contributed by atoms with E-state index in [1.807, 2.05) is 12.1 Å². The molecular weight excluding hydrogens is 374 g/mol. The lowest BCUT2D eigenvalue weighted by molar-refractivity contribution is 0.174. The van der Waals surface area contributed by atoms with Gasteiger partial charge in [0, 0.05) is 16.8 Å². The number of benzene rings is 1. The van der Waals surface area contributed by atoms with Crippen LogP contribution in [0.15, 0.2) is 20.9 Å². The molecule has 0 spiro atoms. The van der Waals surface area contributed by atoms with E-state index in [9.17, 15) is 0 Å². The summed E-state index contributed by atoms with van der Waals surface area (Å²) in [5.41, 5.74) is 1.16. The maximum absolute atomic E-state index is 5.41. The Morgan fingerprint density at radius 1 is 1.33 bits per heavy atom. The number of hydrogen-bond donors (Lipinski definition) is 1. The molecule has 2 heterocycles. The first kappa shape index (κ1) is 14.9. The van der Waals surface area contributed by atoms with Crippen LogP contribution in [0.5, 0.6) is 11.5 Å². The second-order valence-corrected chi connectivity index (χ2v) is 7.44. The van der Waals surface area contributed by atoms with Crippen molar-refractivity contribution in [1.29, 1.82) is 0 Å². The van der Waals surface area contributed by atoms with Gasteiger partial charge in [-0.25, -0.2) is 0 Å². The number of thioether (sulfide) groups is 1. The monoisotopic (exact) mass is 387 g/mol. The van der Waals surface area contributed by atoms with E-state index in [1.54, 1.807) is 23.1 Å². The average molecular weight is 388 g/mol. The summed E-state index contributed by atoms with van der Waals surface area (Å²) in [4.78, 5) is 0. The van der Waals surface area contributed by atoms with Crippen LogP contribution in [0.4, 0.5) is 5.13 Å². The van der Waals surface area contributed by atoms with Crippen molar-refractivity contribution in [2.45, 2.75) is 23.4 Å². The van der Waals surface area contributed by atoms with Crippen LogP contribution < -0.4 is 14.8 Å². The van der Waals surface area contributed by atoms with Crippen molar-refractivity contribution >= 4 is 44.2 Å². The summed E-state index contributed by atoms with van der Waals surface area (Å²) in [6.45, 7) is 3.34. The molecule has 0 fully saturated rings. The quantitative estimate of drug-likeness (QED) is 0.751. The first-order chi connectivity index (χ1) is 10.3. The van der Waals surface area contributed by atoms with Crippen LogP contribution in [-0.4, -0.2) is 23.5 Å². The summed E-state index contributed by atoms with van der Waals surface area (Å²) >= 11 is 6.82. The van der Waals surface area contributed by atoms with Crippen molar-refractivity contribution in [3.05, 3.63) is 22.2 Å². The number of fused-ring (bicyclic) bond motifs is 1. The van der Waals surface area contributed by atoms with Crippen molar-refractivity contribution in [2.75, 3.05) is 18.7 Å². The molecule has 0 unspecified atom stereocenters. The lowest BCUT2D eigenvalue weighted by Crippen LogP contribution is -1.98. The molecule has 0 bridgehead atoms. The van der Waals surface area contributed by atoms with E-state index < -0.39 is 0 Å². The molecule has 0 aliphatic carbocycles. The van der Waals surface area contributed by atoms with Gasteiger partial charge in [0.15, 0.2) is 15.8 Å². The largest absolute Gasteiger partial charge is 0.454 e. The molecule has 1 aliphatic heterocycles. The number of anilines is 1. The predicted molar refractivity (Wildman–Crippen MR) is 88.5 cm³/mol. The van der Waals surface area contributed by atoms with Gasteiger partial charge in [-0.3, -0.25) is 0 Å². The van der Waals surface area contributed by atoms with Gasteiger partial charge in [-0.1, -0.05) is 46.0 Å². The number of rotatable bonds is 6. The number of aromatic nitrogens is 2. The fourth-order valence-electron chi connectivity index (χ4n) is 1.78. The SMILES string of the molecule is CCCNc1nnc(SCc2cc3c(cc2Br)OCO3)s1. The summed E-state index contributed by atoms with van der Waals surface area (Å²) in [5.74, 6) is 2.40. The van der Waals surface area contributed by atoms with E-state index in [-0.39, 0.29) is 0 Å². The molecule has 1 aromatic carbocycles. The van der Waals surface area contributed by atoms with Crippen LogP contribution in [-0.2, 0) is 5.75 Å². The molecule has 0 atom stereocenters. The molecular formula is C13H14BrN3O2S2. The normalized spacial score (nSPS) is 12.7. The maximum Gasteiger partial charge on any atom is 0.231 e. The van der Waals surface area contributed by atoms with Gasteiger partial charge < -0.3 is 14.8 Å². The molecule has 112 valence electrons. The van der Waals surface area contributed by atoms with Crippen molar-refractivity contribution in [3.8, 4) is 11.5 Å². The third-order valence-electron chi connectivity index (χ3n) is 2.83. The summed E-state index contributed by atoms with van der Waals surface area (Å²) in [7, 11) is 0. The molecule has 3 rings (SSSR count). The highest BCUT2D eigenvalue weighted by molar-refractivity contribution is 9.10. The predicted octanol–water partition coefficient (Wildman–Crippen LogP) is 4.14. The molecule has 1 aliphatic rings.